The van der Waals surface area contributed by atoms with Crippen LogP contribution in [0.15, 0.2) is 11.4 Å². The lowest BCUT2D eigenvalue weighted by atomic mass is 9.82. The van der Waals surface area contributed by atoms with Gasteiger partial charge in [-0.1, -0.05) is 0 Å². The molecule has 0 saturated carbocycles. The van der Waals surface area contributed by atoms with E-state index in [2.05, 4.69) is 21.7 Å². The average molecular weight is 365 g/mol. The summed E-state index contributed by atoms with van der Waals surface area (Å²) in [6.07, 6.45) is 6.10. The first-order chi connectivity index (χ1) is 9.85. The number of nitrogens with one attached hydrogen (secondary N) is 1. The molecule has 6 heteroatoms. The maximum absolute atomic E-state index is 6.22. The molecule has 0 bridgehead atoms. The summed E-state index contributed by atoms with van der Waals surface area (Å²) in [6, 6.07) is 3.06. The van der Waals surface area contributed by atoms with Crippen LogP contribution >= 0.6 is 36.2 Å². The zero-order valence-corrected chi connectivity index (χ0v) is 15.3. The van der Waals surface area contributed by atoms with Crippen molar-refractivity contribution in [2.24, 2.45) is 0 Å². The summed E-state index contributed by atoms with van der Waals surface area (Å²) < 4.78 is 6.22. The number of rotatable bonds is 1. The largest absolute Gasteiger partial charge is 0.375 e. The fraction of sp³-hybridized carbons (Fsp3) is 0.750. The Balaban J connectivity index is 0.000000882. The molecule has 2 saturated heterocycles. The number of hydrogen-bond donors (Lipinski definition) is 1. The molecule has 3 nitrogen and oxygen atoms in total. The fourth-order valence-electron chi connectivity index (χ4n) is 4.13. The maximum Gasteiger partial charge on any atom is 0.0721 e. The van der Waals surface area contributed by atoms with E-state index in [-0.39, 0.29) is 30.4 Å². The van der Waals surface area contributed by atoms with Crippen molar-refractivity contribution in [2.45, 2.75) is 50.3 Å². The van der Waals surface area contributed by atoms with Crippen LogP contribution in [0.5, 0.6) is 0 Å². The predicted molar refractivity (Wildman–Crippen MR) is 96.7 cm³/mol. The Hall–Kier alpha value is 0.160. The Kier molecular flexibility index (Phi) is 6.58. The lowest BCUT2D eigenvalue weighted by molar-refractivity contribution is -0.122. The van der Waals surface area contributed by atoms with E-state index in [0.29, 0.717) is 0 Å². The van der Waals surface area contributed by atoms with Gasteiger partial charge < -0.3 is 10.1 Å². The first kappa shape index (κ1) is 18.5. The van der Waals surface area contributed by atoms with Crippen LogP contribution in [-0.2, 0) is 17.7 Å². The molecule has 0 radical (unpaired) electrons. The van der Waals surface area contributed by atoms with Gasteiger partial charge in [-0.2, -0.15) is 0 Å². The van der Waals surface area contributed by atoms with E-state index in [4.69, 9.17) is 4.74 Å². The van der Waals surface area contributed by atoms with Crippen LogP contribution in [0, 0.1) is 0 Å². The van der Waals surface area contributed by atoms with Gasteiger partial charge in [0, 0.05) is 30.6 Å². The number of ether oxygens (including phenoxy) is 1. The third kappa shape index (κ3) is 3.63. The van der Waals surface area contributed by atoms with Crippen molar-refractivity contribution < 1.29 is 4.74 Å². The third-order valence-electron chi connectivity index (χ3n) is 5.34. The number of halogens is 2. The van der Waals surface area contributed by atoms with Crippen molar-refractivity contribution in [3.05, 3.63) is 21.9 Å². The Bertz CT molecular complexity index is 471. The van der Waals surface area contributed by atoms with Gasteiger partial charge >= 0.3 is 0 Å². The highest BCUT2D eigenvalue weighted by atomic mass is 35.5. The second-order valence-corrected chi connectivity index (χ2v) is 7.52. The Morgan fingerprint density at radius 2 is 2.09 bits per heavy atom. The normalized spacial score (nSPS) is 27.5. The predicted octanol–water partition coefficient (Wildman–Crippen LogP) is 3.25. The van der Waals surface area contributed by atoms with Gasteiger partial charge in [0.05, 0.1) is 5.60 Å². The smallest absolute Gasteiger partial charge is 0.0721 e. The minimum atomic E-state index is 0. The van der Waals surface area contributed by atoms with Gasteiger partial charge in [0.2, 0.25) is 0 Å². The van der Waals surface area contributed by atoms with Crippen LogP contribution in [0.1, 0.15) is 36.1 Å². The van der Waals surface area contributed by atoms with E-state index < -0.39 is 0 Å². The monoisotopic (exact) mass is 364 g/mol. The van der Waals surface area contributed by atoms with E-state index in [9.17, 15) is 0 Å². The van der Waals surface area contributed by atoms with E-state index in [1.165, 1.54) is 38.6 Å². The van der Waals surface area contributed by atoms with E-state index >= 15 is 0 Å². The molecule has 0 amide bonds. The maximum atomic E-state index is 6.22. The standard InChI is InChI=1S/C16H24N2OS.2ClH/c1-8-18(12-13-3-10-20-15(1)13)14-2-9-19-16(11-14)4-6-17-7-5-16;;/h3,10,14,17H,1-2,4-9,11-12H2;2*1H. The minimum Gasteiger partial charge on any atom is -0.375 e. The summed E-state index contributed by atoms with van der Waals surface area (Å²) in [5.41, 5.74) is 1.76. The van der Waals surface area contributed by atoms with Gasteiger partial charge in [0.15, 0.2) is 0 Å². The molecular formula is C16H26Cl2N2OS. The molecule has 3 aliphatic heterocycles. The topological polar surface area (TPSA) is 24.5 Å². The van der Waals surface area contributed by atoms with E-state index in [0.717, 1.165) is 32.3 Å². The number of hydrogen-bond acceptors (Lipinski definition) is 4. The Morgan fingerprint density at radius 3 is 2.91 bits per heavy atom. The van der Waals surface area contributed by atoms with Crippen LogP contribution in [0.4, 0.5) is 0 Å². The van der Waals surface area contributed by atoms with Crippen molar-refractivity contribution in [2.75, 3.05) is 26.2 Å². The van der Waals surface area contributed by atoms with E-state index in [1.807, 2.05) is 11.3 Å². The molecule has 0 aromatic carbocycles. The van der Waals surface area contributed by atoms with Crippen molar-refractivity contribution >= 4 is 36.2 Å². The van der Waals surface area contributed by atoms with Crippen molar-refractivity contribution in [3.63, 3.8) is 0 Å². The molecule has 126 valence electrons. The average Bonchev–Trinajstić information content (AvgIpc) is 2.95. The molecule has 4 heterocycles. The molecule has 22 heavy (non-hydrogen) atoms. The first-order valence-electron chi connectivity index (χ1n) is 7.99. The molecule has 0 aliphatic carbocycles. The van der Waals surface area contributed by atoms with Gasteiger partial charge in [-0.05, 0) is 62.2 Å². The summed E-state index contributed by atoms with van der Waals surface area (Å²) in [6.45, 7) is 5.62. The number of fused-ring (bicyclic) bond motifs is 1. The molecule has 1 unspecified atom stereocenters. The first-order valence-corrected chi connectivity index (χ1v) is 8.87. The second kappa shape index (κ2) is 7.82. The van der Waals surface area contributed by atoms with Crippen LogP contribution in [0.2, 0.25) is 0 Å². The zero-order chi connectivity index (χ0) is 13.4. The molecule has 2 fully saturated rings. The molecular weight excluding hydrogens is 339 g/mol. The van der Waals surface area contributed by atoms with Crippen LogP contribution in [-0.4, -0.2) is 42.8 Å². The Labute approximate surface area is 149 Å². The van der Waals surface area contributed by atoms with Crippen molar-refractivity contribution in [3.8, 4) is 0 Å². The number of thiophene rings is 1. The highest BCUT2D eigenvalue weighted by molar-refractivity contribution is 7.10. The van der Waals surface area contributed by atoms with Gasteiger partial charge in [-0.15, -0.1) is 36.2 Å². The molecule has 1 aromatic heterocycles. The minimum absolute atomic E-state index is 0. The second-order valence-electron chi connectivity index (χ2n) is 6.52. The highest BCUT2D eigenvalue weighted by Gasteiger charge is 2.40. The molecule has 4 rings (SSSR count). The van der Waals surface area contributed by atoms with E-state index in [1.54, 1.807) is 10.4 Å². The molecule has 1 aromatic rings. The third-order valence-corrected chi connectivity index (χ3v) is 6.36. The van der Waals surface area contributed by atoms with Crippen molar-refractivity contribution in [1.29, 1.82) is 0 Å². The number of piperidine rings is 1. The van der Waals surface area contributed by atoms with Crippen LogP contribution in [0.3, 0.4) is 0 Å². The summed E-state index contributed by atoms with van der Waals surface area (Å²) in [4.78, 5) is 4.34. The fourth-order valence-corrected chi connectivity index (χ4v) is 5.02. The quantitative estimate of drug-likeness (QED) is 0.827. The molecule has 1 N–H and O–H groups in total. The highest BCUT2D eigenvalue weighted by Crippen LogP contribution is 2.36. The summed E-state index contributed by atoms with van der Waals surface area (Å²) >= 11 is 1.94. The molecule has 3 aliphatic rings. The van der Waals surface area contributed by atoms with Crippen LogP contribution < -0.4 is 5.32 Å². The zero-order valence-electron chi connectivity index (χ0n) is 12.9. The van der Waals surface area contributed by atoms with Crippen LogP contribution in [0.25, 0.3) is 0 Å². The summed E-state index contributed by atoms with van der Waals surface area (Å²) in [5, 5.41) is 5.72. The molecule has 1 atom stereocenters. The van der Waals surface area contributed by atoms with Gasteiger partial charge in [0.25, 0.3) is 0 Å². The van der Waals surface area contributed by atoms with Crippen molar-refractivity contribution in [1.82, 2.24) is 10.2 Å². The van der Waals surface area contributed by atoms with Gasteiger partial charge in [-0.3, -0.25) is 4.90 Å². The summed E-state index contributed by atoms with van der Waals surface area (Å²) in [5.74, 6) is 0. The lowest BCUT2D eigenvalue weighted by Gasteiger charge is -2.47. The SMILES string of the molecule is Cl.Cl.c1cc2c(s1)CCN(C1CCOC3(CCNCC3)C1)C2. The van der Waals surface area contributed by atoms with Gasteiger partial charge in [-0.25, -0.2) is 0 Å². The Morgan fingerprint density at radius 1 is 1.27 bits per heavy atom. The molecule has 1 spiro atoms. The number of nitrogens with zero attached hydrogens (tertiary/aromatic N) is 1. The van der Waals surface area contributed by atoms with Gasteiger partial charge in [0.1, 0.15) is 0 Å². The summed E-state index contributed by atoms with van der Waals surface area (Å²) in [7, 11) is 0. The lowest BCUT2D eigenvalue weighted by Crippen LogP contribution is -2.53.